The SMILES string of the molecule is c1ccc2c(c1)-c1cc(-c3c4ccccc4c(-c4ccc5c(c4)-c4ccccc4[Si]54CCCC4)c4ncccc34)ccc1[Si]21CCCC1. The molecule has 48 heavy (non-hydrogen) atoms. The summed E-state index contributed by atoms with van der Waals surface area (Å²) in [5, 5.41) is 10.6. The summed E-state index contributed by atoms with van der Waals surface area (Å²) in [6, 6.07) is 52.9. The Morgan fingerprint density at radius 2 is 0.854 bits per heavy atom. The lowest BCUT2D eigenvalue weighted by Crippen LogP contribution is -2.52. The molecule has 0 atom stereocenters. The number of benzene rings is 6. The van der Waals surface area contributed by atoms with Gasteiger partial charge in [0.15, 0.2) is 0 Å². The van der Waals surface area contributed by atoms with Gasteiger partial charge in [0.2, 0.25) is 0 Å². The van der Waals surface area contributed by atoms with Gasteiger partial charge in [0.05, 0.1) is 5.52 Å². The Bertz CT molecular complexity index is 2250. The van der Waals surface area contributed by atoms with Crippen molar-refractivity contribution in [2.75, 3.05) is 0 Å². The minimum Gasteiger partial charge on any atom is -0.256 e. The average Bonchev–Trinajstić information content (AvgIpc) is 3.95. The van der Waals surface area contributed by atoms with E-state index in [1.807, 2.05) is 6.20 Å². The molecule has 0 bridgehead atoms. The molecule has 4 aliphatic heterocycles. The van der Waals surface area contributed by atoms with E-state index in [1.54, 1.807) is 20.7 Å². The van der Waals surface area contributed by atoms with Gasteiger partial charge in [-0.1, -0.05) is 129 Å². The average molecular weight is 648 g/mol. The fraction of sp³-hybridized carbons (Fsp3) is 0.178. The monoisotopic (exact) mass is 647 g/mol. The lowest BCUT2D eigenvalue weighted by Gasteiger charge is -2.24. The zero-order valence-electron chi connectivity index (χ0n) is 27.2. The molecule has 0 N–H and O–H groups in total. The highest BCUT2D eigenvalue weighted by Gasteiger charge is 2.48. The van der Waals surface area contributed by atoms with Crippen LogP contribution in [0.15, 0.2) is 128 Å². The van der Waals surface area contributed by atoms with Gasteiger partial charge in [0, 0.05) is 17.1 Å². The first-order chi connectivity index (χ1) is 23.8. The van der Waals surface area contributed by atoms with E-state index in [9.17, 15) is 0 Å². The topological polar surface area (TPSA) is 12.9 Å². The molecule has 4 aliphatic rings. The van der Waals surface area contributed by atoms with E-state index in [-0.39, 0.29) is 0 Å². The van der Waals surface area contributed by atoms with Gasteiger partial charge < -0.3 is 0 Å². The summed E-state index contributed by atoms with van der Waals surface area (Å²) in [5.74, 6) is 0. The standard InChI is InChI=1S/C45H37NSi2/c1-2-15-35-34(14-1)43(30-19-21-41-37(28-30)32-12-3-5-17-39(32)47(41)24-7-8-25-47)36-16-11-23-46-45(36)44(35)31-20-22-42-38(29-31)33-13-4-6-18-40(33)48(42)26-9-10-27-48/h1-6,11-23,28-29H,7-10,24-27H2. The number of nitrogens with zero attached hydrogens (tertiary/aromatic N) is 1. The summed E-state index contributed by atoms with van der Waals surface area (Å²) in [4.78, 5) is 5.18. The van der Waals surface area contributed by atoms with Crippen molar-refractivity contribution in [3.63, 3.8) is 0 Å². The van der Waals surface area contributed by atoms with Crippen molar-refractivity contribution in [2.45, 2.75) is 49.9 Å². The van der Waals surface area contributed by atoms with Gasteiger partial charge in [0.25, 0.3) is 0 Å². The van der Waals surface area contributed by atoms with Crippen LogP contribution in [-0.4, -0.2) is 21.1 Å². The van der Waals surface area contributed by atoms with Crippen molar-refractivity contribution >= 4 is 58.6 Å². The zero-order chi connectivity index (χ0) is 31.5. The molecule has 2 saturated heterocycles. The molecule has 7 aromatic rings. The number of rotatable bonds is 2. The number of pyridine rings is 1. The van der Waals surface area contributed by atoms with Crippen LogP contribution < -0.4 is 20.7 Å². The number of fused-ring (bicyclic) bond motifs is 12. The highest BCUT2D eigenvalue weighted by atomic mass is 28.3. The third-order valence-electron chi connectivity index (χ3n) is 12.8. The maximum absolute atomic E-state index is 5.18. The fourth-order valence-electron chi connectivity index (χ4n) is 10.9. The van der Waals surface area contributed by atoms with E-state index in [0.29, 0.717) is 0 Å². The molecule has 0 aliphatic carbocycles. The molecule has 2 fully saturated rings. The van der Waals surface area contributed by atoms with Gasteiger partial charge in [-0.25, -0.2) is 0 Å². The van der Waals surface area contributed by atoms with Crippen LogP contribution >= 0.6 is 0 Å². The Balaban J connectivity index is 1.16. The molecular weight excluding hydrogens is 611 g/mol. The number of aromatic nitrogens is 1. The van der Waals surface area contributed by atoms with Crippen molar-refractivity contribution in [1.82, 2.24) is 4.98 Å². The molecule has 3 heteroatoms. The second-order valence-corrected chi connectivity index (χ2v) is 23.4. The molecule has 11 rings (SSSR count). The highest BCUT2D eigenvalue weighted by molar-refractivity contribution is 7.06. The van der Waals surface area contributed by atoms with E-state index in [4.69, 9.17) is 4.98 Å². The predicted molar refractivity (Wildman–Crippen MR) is 209 cm³/mol. The molecule has 0 unspecified atom stereocenters. The van der Waals surface area contributed by atoms with E-state index >= 15 is 0 Å². The lowest BCUT2D eigenvalue weighted by atomic mass is 9.86. The Hall–Kier alpha value is -4.58. The summed E-state index contributed by atoms with van der Waals surface area (Å²) in [5.41, 5.74) is 12.2. The van der Waals surface area contributed by atoms with Crippen LogP contribution in [-0.2, 0) is 0 Å². The first-order valence-electron chi connectivity index (χ1n) is 18.1. The molecular formula is C45H37NSi2. The van der Waals surface area contributed by atoms with Gasteiger partial charge in [-0.15, -0.1) is 0 Å². The smallest absolute Gasteiger partial charge is 0.119 e. The minimum absolute atomic E-state index is 1.10. The van der Waals surface area contributed by atoms with Crippen LogP contribution in [0.2, 0.25) is 24.2 Å². The highest BCUT2D eigenvalue weighted by Crippen LogP contribution is 2.47. The largest absolute Gasteiger partial charge is 0.256 e. The third kappa shape index (κ3) is 3.48. The Morgan fingerprint density at radius 3 is 1.44 bits per heavy atom. The van der Waals surface area contributed by atoms with Crippen LogP contribution in [0, 0.1) is 0 Å². The van der Waals surface area contributed by atoms with Gasteiger partial charge in [-0.2, -0.15) is 0 Å². The fourth-order valence-corrected chi connectivity index (χ4v) is 22.1. The molecule has 0 amide bonds. The summed E-state index contributed by atoms with van der Waals surface area (Å²) in [6.07, 6.45) is 7.49. The maximum atomic E-state index is 5.18. The number of hydrogen-bond donors (Lipinski definition) is 0. The molecule has 6 aromatic carbocycles. The second kappa shape index (κ2) is 9.98. The number of hydrogen-bond acceptors (Lipinski definition) is 1. The second-order valence-electron chi connectivity index (χ2n) is 14.9. The van der Waals surface area contributed by atoms with E-state index in [0.717, 1.165) is 5.52 Å². The van der Waals surface area contributed by atoms with Crippen LogP contribution in [0.3, 0.4) is 0 Å². The van der Waals surface area contributed by atoms with Crippen molar-refractivity contribution in [1.29, 1.82) is 0 Å². The molecule has 0 radical (unpaired) electrons. The summed E-state index contributed by atoms with van der Waals surface area (Å²) >= 11 is 0. The van der Waals surface area contributed by atoms with E-state index in [2.05, 4.69) is 121 Å². The summed E-state index contributed by atoms with van der Waals surface area (Å²) in [6.45, 7) is 0. The van der Waals surface area contributed by atoms with Crippen LogP contribution in [0.25, 0.3) is 66.2 Å². The molecule has 5 heterocycles. The van der Waals surface area contributed by atoms with Crippen molar-refractivity contribution in [2.24, 2.45) is 0 Å². The van der Waals surface area contributed by atoms with Gasteiger partial charge in [-0.05, 0) is 113 Å². The normalized spacial score (nSPS) is 17.7. The van der Waals surface area contributed by atoms with Crippen LogP contribution in [0.1, 0.15) is 25.7 Å². The van der Waals surface area contributed by atoms with Crippen molar-refractivity contribution in [3.8, 4) is 44.5 Å². The third-order valence-corrected chi connectivity index (χ3v) is 23.5. The molecule has 0 saturated carbocycles. The Morgan fingerprint density at radius 1 is 0.396 bits per heavy atom. The van der Waals surface area contributed by atoms with Crippen LogP contribution in [0.4, 0.5) is 0 Å². The van der Waals surface area contributed by atoms with Gasteiger partial charge in [-0.3, -0.25) is 4.98 Å². The molecule has 1 nitrogen and oxygen atoms in total. The first-order valence-corrected chi connectivity index (χ1v) is 22.9. The van der Waals surface area contributed by atoms with Crippen LogP contribution in [0.5, 0.6) is 0 Å². The van der Waals surface area contributed by atoms with Gasteiger partial charge >= 0.3 is 0 Å². The lowest BCUT2D eigenvalue weighted by molar-refractivity contribution is 0.935. The predicted octanol–water partition coefficient (Wildman–Crippen LogP) is 9.40. The maximum Gasteiger partial charge on any atom is 0.119 e. The van der Waals surface area contributed by atoms with E-state index < -0.39 is 16.1 Å². The molecule has 1 aromatic heterocycles. The first kappa shape index (κ1) is 27.4. The summed E-state index contributed by atoms with van der Waals surface area (Å²) in [7, 11) is -3.30. The Labute approximate surface area is 284 Å². The van der Waals surface area contributed by atoms with Crippen molar-refractivity contribution in [3.05, 3.63) is 128 Å². The molecule has 230 valence electrons. The van der Waals surface area contributed by atoms with Gasteiger partial charge in [0.1, 0.15) is 16.1 Å². The summed E-state index contributed by atoms with van der Waals surface area (Å²) < 4.78 is 0. The zero-order valence-corrected chi connectivity index (χ0v) is 29.2. The molecule has 2 spiro atoms. The minimum atomic E-state index is -1.65. The quantitative estimate of drug-likeness (QED) is 0.135. The van der Waals surface area contributed by atoms with Crippen molar-refractivity contribution < 1.29 is 0 Å². The Kier molecular flexibility index (Phi) is 5.69. The van der Waals surface area contributed by atoms with E-state index in [1.165, 1.54) is 111 Å².